The summed E-state index contributed by atoms with van der Waals surface area (Å²) in [5.41, 5.74) is 7.02. The Kier molecular flexibility index (Phi) is 7.81. The van der Waals surface area contributed by atoms with E-state index in [0.29, 0.717) is 17.5 Å². The van der Waals surface area contributed by atoms with Crippen LogP contribution in [0.15, 0.2) is 12.4 Å². The van der Waals surface area contributed by atoms with Crippen LogP contribution in [0.2, 0.25) is 0 Å². The molecular weight excluding hydrogens is 388 g/mol. The fourth-order valence-corrected chi connectivity index (χ4v) is 3.87. The quantitative estimate of drug-likeness (QED) is 0.491. The number of alkyl carbamates (subject to hydrolysis) is 1. The van der Waals surface area contributed by atoms with Crippen LogP contribution in [-0.4, -0.2) is 53.4 Å². The monoisotopic (exact) mass is 420 g/mol. The molecule has 10 heteroatoms. The molecule has 3 rings (SSSR count). The van der Waals surface area contributed by atoms with Gasteiger partial charge in [0, 0.05) is 12.1 Å². The normalized spacial score (nSPS) is 26.8. The van der Waals surface area contributed by atoms with Gasteiger partial charge in [0.1, 0.15) is 6.10 Å². The van der Waals surface area contributed by atoms with Gasteiger partial charge in [-0.05, 0) is 44.9 Å². The lowest BCUT2D eigenvalue weighted by Crippen LogP contribution is -2.45. The molecule has 1 saturated heterocycles. The maximum absolute atomic E-state index is 12.3. The van der Waals surface area contributed by atoms with Crippen LogP contribution in [-0.2, 0) is 16.0 Å². The van der Waals surface area contributed by atoms with Crippen molar-refractivity contribution in [3.8, 4) is 5.88 Å². The van der Waals surface area contributed by atoms with Gasteiger partial charge in [0.15, 0.2) is 0 Å². The predicted octanol–water partition coefficient (Wildman–Crippen LogP) is 1.03. The lowest BCUT2D eigenvalue weighted by molar-refractivity contribution is -0.121. The summed E-state index contributed by atoms with van der Waals surface area (Å²) in [5.74, 6) is 0.692. The van der Waals surface area contributed by atoms with Gasteiger partial charge in [0.2, 0.25) is 11.8 Å². The molecule has 0 aromatic carbocycles. The van der Waals surface area contributed by atoms with Crippen molar-refractivity contribution in [2.75, 3.05) is 7.11 Å². The average molecular weight is 421 g/mol. The third kappa shape index (κ3) is 6.27. The van der Waals surface area contributed by atoms with E-state index >= 15 is 0 Å². The van der Waals surface area contributed by atoms with Crippen molar-refractivity contribution in [1.82, 2.24) is 31.5 Å². The molecule has 1 aliphatic heterocycles. The lowest BCUT2D eigenvalue weighted by Gasteiger charge is -2.19. The van der Waals surface area contributed by atoms with Crippen LogP contribution >= 0.6 is 0 Å². The summed E-state index contributed by atoms with van der Waals surface area (Å²) in [4.78, 5) is 32.5. The third-order valence-electron chi connectivity index (χ3n) is 5.74. The third-order valence-corrected chi connectivity index (χ3v) is 5.74. The second-order valence-corrected chi connectivity index (χ2v) is 8.03. The van der Waals surface area contributed by atoms with Crippen molar-refractivity contribution in [2.24, 2.45) is 5.92 Å². The molecule has 0 bridgehead atoms. The fraction of sp³-hybridized carbons (Fsp3) is 0.700. The van der Waals surface area contributed by atoms with E-state index in [-0.39, 0.29) is 42.8 Å². The molecule has 2 heterocycles. The number of carbonyl (C=O) groups is 2. The molecule has 1 aliphatic carbocycles. The van der Waals surface area contributed by atoms with Crippen molar-refractivity contribution >= 4 is 12.0 Å². The highest BCUT2D eigenvalue weighted by atomic mass is 16.6. The van der Waals surface area contributed by atoms with Crippen molar-refractivity contribution in [3.63, 3.8) is 0 Å². The molecule has 2 unspecified atom stereocenters. The van der Waals surface area contributed by atoms with Gasteiger partial charge in [0.25, 0.3) is 0 Å². The molecule has 0 spiro atoms. The van der Waals surface area contributed by atoms with E-state index < -0.39 is 0 Å². The Morgan fingerprint density at radius 3 is 2.77 bits per heavy atom. The van der Waals surface area contributed by atoms with Crippen LogP contribution in [0, 0.1) is 5.92 Å². The first-order valence-electron chi connectivity index (χ1n) is 10.6. The summed E-state index contributed by atoms with van der Waals surface area (Å²) in [6.45, 7) is 3.98. The van der Waals surface area contributed by atoms with Crippen LogP contribution < -0.4 is 26.2 Å². The number of nitrogens with one attached hydrogen (secondary N) is 4. The second kappa shape index (κ2) is 10.5. The fourth-order valence-electron chi connectivity index (χ4n) is 3.87. The molecule has 166 valence electrons. The number of ether oxygens (including phenoxy) is 2. The zero-order chi connectivity index (χ0) is 21.5. The maximum Gasteiger partial charge on any atom is 0.407 e. The van der Waals surface area contributed by atoms with Crippen molar-refractivity contribution < 1.29 is 19.1 Å². The standard InChI is InChI=1S/C20H32N6O4/c1-4-12(2)23-20(28)30-15-6-5-13(7-15)16-9-17(26-25-16)24-18(27)8-14-10-22-19(29-3)11-21-14/h10-13,15-17,25-26H,4-9H2,1-3H3,(H,23,28)(H,24,27)/t12-,13-,15+,16?,17?/m0/s1. The SMILES string of the molecule is CC[C@H](C)NC(=O)O[C@@H]1CC[C@H](C2CC(NC(=O)Cc3cnc(OC)cn3)NN2)C1. The van der Waals surface area contributed by atoms with E-state index in [2.05, 4.69) is 31.5 Å². The molecule has 0 radical (unpaired) electrons. The molecule has 1 saturated carbocycles. The zero-order valence-electron chi connectivity index (χ0n) is 17.8. The molecule has 1 aromatic heterocycles. The first-order valence-corrected chi connectivity index (χ1v) is 10.6. The second-order valence-electron chi connectivity index (χ2n) is 8.03. The van der Waals surface area contributed by atoms with E-state index in [4.69, 9.17) is 9.47 Å². The minimum atomic E-state index is -0.334. The summed E-state index contributed by atoms with van der Waals surface area (Å²) in [7, 11) is 1.52. The number of hydrogen-bond donors (Lipinski definition) is 4. The van der Waals surface area contributed by atoms with Crippen molar-refractivity contribution in [1.29, 1.82) is 0 Å². The van der Waals surface area contributed by atoms with Crippen LogP contribution in [0.4, 0.5) is 4.79 Å². The molecule has 10 nitrogen and oxygen atoms in total. The molecule has 2 amide bonds. The minimum absolute atomic E-state index is 0.0526. The highest BCUT2D eigenvalue weighted by Crippen LogP contribution is 2.32. The summed E-state index contributed by atoms with van der Waals surface area (Å²) in [6.07, 6.45) is 6.99. The van der Waals surface area contributed by atoms with E-state index in [1.807, 2.05) is 13.8 Å². The lowest BCUT2D eigenvalue weighted by atomic mass is 9.96. The molecule has 1 aromatic rings. The molecule has 2 fully saturated rings. The first-order chi connectivity index (χ1) is 14.5. The Balaban J connectivity index is 1.38. The number of nitrogens with zero attached hydrogens (tertiary/aromatic N) is 2. The van der Waals surface area contributed by atoms with E-state index in [9.17, 15) is 9.59 Å². The highest BCUT2D eigenvalue weighted by molar-refractivity contribution is 5.78. The Morgan fingerprint density at radius 2 is 2.07 bits per heavy atom. The summed E-state index contributed by atoms with van der Waals surface area (Å²) in [5, 5.41) is 5.82. The average Bonchev–Trinajstić information content (AvgIpc) is 3.37. The largest absolute Gasteiger partial charge is 0.480 e. The van der Waals surface area contributed by atoms with Crippen LogP contribution in [0.25, 0.3) is 0 Å². The molecule has 2 aliphatic rings. The molecule has 4 N–H and O–H groups in total. The van der Waals surface area contributed by atoms with Gasteiger partial charge in [-0.15, -0.1) is 0 Å². The Morgan fingerprint density at radius 1 is 1.23 bits per heavy atom. The summed E-state index contributed by atoms with van der Waals surface area (Å²) >= 11 is 0. The van der Waals surface area contributed by atoms with Gasteiger partial charge in [-0.3, -0.25) is 15.2 Å². The van der Waals surface area contributed by atoms with Crippen LogP contribution in [0.5, 0.6) is 5.88 Å². The van der Waals surface area contributed by atoms with Gasteiger partial charge in [-0.2, -0.15) is 0 Å². The summed E-state index contributed by atoms with van der Waals surface area (Å²) < 4.78 is 10.5. The maximum atomic E-state index is 12.3. The number of methoxy groups -OCH3 is 1. The van der Waals surface area contributed by atoms with Gasteiger partial charge in [0.05, 0.1) is 37.8 Å². The predicted molar refractivity (Wildman–Crippen MR) is 109 cm³/mol. The van der Waals surface area contributed by atoms with E-state index in [1.165, 1.54) is 19.5 Å². The van der Waals surface area contributed by atoms with Gasteiger partial charge < -0.3 is 20.1 Å². The van der Waals surface area contributed by atoms with Crippen LogP contribution in [0.3, 0.4) is 0 Å². The molecule has 5 atom stereocenters. The number of hydrazine groups is 1. The summed E-state index contributed by atoms with van der Waals surface area (Å²) in [6, 6.07) is 0.339. The molecular formula is C20H32N6O4. The van der Waals surface area contributed by atoms with E-state index in [0.717, 1.165) is 32.1 Å². The van der Waals surface area contributed by atoms with Gasteiger partial charge in [-0.25, -0.2) is 15.2 Å². The Hall–Kier alpha value is -2.46. The van der Waals surface area contributed by atoms with Crippen molar-refractivity contribution in [2.45, 2.75) is 76.7 Å². The van der Waals surface area contributed by atoms with Gasteiger partial charge in [-0.1, -0.05) is 6.92 Å². The van der Waals surface area contributed by atoms with Crippen LogP contribution in [0.1, 0.15) is 51.6 Å². The zero-order valence-corrected chi connectivity index (χ0v) is 17.8. The number of aromatic nitrogens is 2. The smallest absolute Gasteiger partial charge is 0.407 e. The van der Waals surface area contributed by atoms with Crippen molar-refractivity contribution in [3.05, 3.63) is 18.1 Å². The van der Waals surface area contributed by atoms with E-state index in [1.54, 1.807) is 0 Å². The Labute approximate surface area is 176 Å². The number of hydrogen-bond acceptors (Lipinski definition) is 8. The minimum Gasteiger partial charge on any atom is -0.480 e. The number of amides is 2. The van der Waals surface area contributed by atoms with Gasteiger partial charge >= 0.3 is 6.09 Å². The number of rotatable bonds is 8. The Bertz CT molecular complexity index is 716. The molecule has 30 heavy (non-hydrogen) atoms. The highest BCUT2D eigenvalue weighted by Gasteiger charge is 2.37. The number of carbonyl (C=O) groups excluding carboxylic acids is 2. The first kappa shape index (κ1) is 22.2. The topological polar surface area (TPSA) is 127 Å².